The molecule has 0 rings (SSSR count). The van der Waals surface area contributed by atoms with E-state index in [9.17, 15) is 14.7 Å². The summed E-state index contributed by atoms with van der Waals surface area (Å²) in [6, 6.07) is 0. The fraction of sp³-hybridized carbons (Fsp3) is 0.250. The molecular weight excluding hydrogens is 174 g/mol. The highest BCUT2D eigenvalue weighted by atomic mass is 16.7. The summed E-state index contributed by atoms with van der Waals surface area (Å²) < 4.78 is 4.41. The SMILES string of the molecule is C=CC(=O)OC(C)(O)C(=C)C(N)=O. The van der Waals surface area contributed by atoms with Gasteiger partial charge in [-0.1, -0.05) is 13.2 Å². The molecule has 1 atom stereocenters. The van der Waals surface area contributed by atoms with Crippen LogP contribution in [-0.2, 0) is 14.3 Å². The van der Waals surface area contributed by atoms with Gasteiger partial charge in [0.05, 0.1) is 5.57 Å². The van der Waals surface area contributed by atoms with Crippen LogP contribution in [0.2, 0.25) is 0 Å². The number of ether oxygens (including phenoxy) is 1. The Bertz CT molecular complexity index is 267. The lowest BCUT2D eigenvalue weighted by atomic mass is 10.1. The number of carbonyl (C=O) groups is 2. The predicted molar refractivity (Wildman–Crippen MR) is 45.2 cm³/mol. The van der Waals surface area contributed by atoms with Crippen LogP contribution in [0.25, 0.3) is 0 Å². The molecule has 0 radical (unpaired) electrons. The van der Waals surface area contributed by atoms with E-state index in [-0.39, 0.29) is 0 Å². The van der Waals surface area contributed by atoms with E-state index in [2.05, 4.69) is 17.9 Å². The highest BCUT2D eigenvalue weighted by molar-refractivity contribution is 5.93. The molecule has 0 aliphatic rings. The topological polar surface area (TPSA) is 89.6 Å². The van der Waals surface area contributed by atoms with Crippen molar-refractivity contribution in [3.63, 3.8) is 0 Å². The van der Waals surface area contributed by atoms with Gasteiger partial charge in [-0.25, -0.2) is 4.79 Å². The summed E-state index contributed by atoms with van der Waals surface area (Å²) in [6.45, 7) is 7.38. The number of esters is 1. The minimum Gasteiger partial charge on any atom is -0.426 e. The summed E-state index contributed by atoms with van der Waals surface area (Å²) in [4.78, 5) is 21.2. The molecule has 0 saturated heterocycles. The van der Waals surface area contributed by atoms with Crippen LogP contribution in [0.3, 0.4) is 0 Å². The van der Waals surface area contributed by atoms with Crippen LogP contribution in [0, 0.1) is 0 Å². The Hall–Kier alpha value is -1.62. The van der Waals surface area contributed by atoms with E-state index in [1.54, 1.807) is 0 Å². The third kappa shape index (κ3) is 3.08. The van der Waals surface area contributed by atoms with Crippen molar-refractivity contribution in [1.29, 1.82) is 0 Å². The molecule has 0 spiro atoms. The molecule has 0 fully saturated rings. The first-order chi connectivity index (χ1) is 5.81. The quantitative estimate of drug-likeness (QED) is 0.350. The largest absolute Gasteiger partial charge is 0.426 e. The summed E-state index contributed by atoms with van der Waals surface area (Å²) in [5.41, 5.74) is 4.42. The van der Waals surface area contributed by atoms with Crippen LogP contribution in [-0.4, -0.2) is 22.8 Å². The van der Waals surface area contributed by atoms with Crippen LogP contribution in [0.4, 0.5) is 0 Å². The van der Waals surface area contributed by atoms with Crippen LogP contribution in [0.1, 0.15) is 6.92 Å². The Morgan fingerprint density at radius 3 is 2.38 bits per heavy atom. The zero-order chi connectivity index (χ0) is 10.6. The van der Waals surface area contributed by atoms with Crippen molar-refractivity contribution < 1.29 is 19.4 Å². The lowest BCUT2D eigenvalue weighted by Crippen LogP contribution is -2.38. The van der Waals surface area contributed by atoms with Crippen molar-refractivity contribution in [3.05, 3.63) is 24.8 Å². The molecule has 72 valence electrons. The van der Waals surface area contributed by atoms with Crippen LogP contribution in [0.15, 0.2) is 24.8 Å². The number of rotatable bonds is 4. The number of nitrogens with two attached hydrogens (primary N) is 1. The zero-order valence-corrected chi connectivity index (χ0v) is 7.24. The lowest BCUT2D eigenvalue weighted by molar-refractivity contribution is -0.183. The van der Waals surface area contributed by atoms with E-state index < -0.39 is 23.2 Å². The molecule has 5 nitrogen and oxygen atoms in total. The summed E-state index contributed by atoms with van der Waals surface area (Å²) in [7, 11) is 0. The van der Waals surface area contributed by atoms with Gasteiger partial charge in [0.25, 0.3) is 5.91 Å². The number of aliphatic hydroxyl groups is 1. The average Bonchev–Trinajstić information content (AvgIpc) is 2.01. The van der Waals surface area contributed by atoms with E-state index in [0.717, 1.165) is 13.0 Å². The summed E-state index contributed by atoms with van der Waals surface area (Å²) in [5.74, 6) is -3.90. The molecule has 0 bridgehead atoms. The van der Waals surface area contributed by atoms with Gasteiger partial charge in [0.15, 0.2) is 0 Å². The number of amides is 1. The second kappa shape index (κ2) is 3.86. The molecule has 1 amide bonds. The Balaban J connectivity index is 4.57. The highest BCUT2D eigenvalue weighted by Gasteiger charge is 2.31. The van der Waals surface area contributed by atoms with Crippen molar-refractivity contribution in [3.8, 4) is 0 Å². The molecule has 0 heterocycles. The number of hydrogen-bond donors (Lipinski definition) is 2. The van der Waals surface area contributed by atoms with E-state index in [1.165, 1.54) is 0 Å². The molecule has 3 N–H and O–H groups in total. The molecule has 0 saturated carbocycles. The van der Waals surface area contributed by atoms with Gasteiger partial charge in [0, 0.05) is 13.0 Å². The van der Waals surface area contributed by atoms with Gasteiger partial charge >= 0.3 is 5.97 Å². The van der Waals surface area contributed by atoms with Crippen molar-refractivity contribution in [1.82, 2.24) is 0 Å². The fourth-order valence-corrected chi connectivity index (χ4v) is 0.528. The van der Waals surface area contributed by atoms with Crippen molar-refractivity contribution in [2.24, 2.45) is 5.73 Å². The maximum atomic E-state index is 10.7. The fourth-order valence-electron chi connectivity index (χ4n) is 0.528. The molecule has 0 aliphatic heterocycles. The maximum Gasteiger partial charge on any atom is 0.332 e. The van der Waals surface area contributed by atoms with Crippen molar-refractivity contribution >= 4 is 11.9 Å². The van der Waals surface area contributed by atoms with Gasteiger partial charge in [0.1, 0.15) is 0 Å². The molecule has 0 aromatic carbocycles. The van der Waals surface area contributed by atoms with Crippen molar-refractivity contribution in [2.75, 3.05) is 0 Å². The minimum atomic E-state index is -2.09. The van der Waals surface area contributed by atoms with Gasteiger partial charge in [-0.2, -0.15) is 0 Å². The number of carbonyl (C=O) groups excluding carboxylic acids is 2. The molecule has 0 aliphatic carbocycles. The lowest BCUT2D eigenvalue weighted by Gasteiger charge is -2.22. The zero-order valence-electron chi connectivity index (χ0n) is 7.24. The highest BCUT2D eigenvalue weighted by Crippen LogP contribution is 2.15. The number of hydrogen-bond acceptors (Lipinski definition) is 4. The van der Waals surface area contributed by atoms with Gasteiger partial charge in [-0.3, -0.25) is 4.79 Å². The monoisotopic (exact) mass is 185 g/mol. The number of primary amides is 1. The normalized spacial score (nSPS) is 14.0. The first-order valence-electron chi connectivity index (χ1n) is 3.38. The molecule has 13 heavy (non-hydrogen) atoms. The Morgan fingerprint density at radius 2 is 2.08 bits per heavy atom. The molecule has 0 aromatic heterocycles. The van der Waals surface area contributed by atoms with Crippen LogP contribution in [0.5, 0.6) is 0 Å². The van der Waals surface area contributed by atoms with E-state index in [4.69, 9.17) is 5.73 Å². The van der Waals surface area contributed by atoms with Gasteiger partial charge in [-0.15, -0.1) is 0 Å². The molecular formula is C8H11NO4. The van der Waals surface area contributed by atoms with Gasteiger partial charge in [0.2, 0.25) is 5.79 Å². The van der Waals surface area contributed by atoms with Gasteiger partial charge in [-0.05, 0) is 0 Å². The summed E-state index contributed by atoms with van der Waals surface area (Å²) >= 11 is 0. The van der Waals surface area contributed by atoms with Gasteiger partial charge < -0.3 is 15.6 Å². The maximum absolute atomic E-state index is 10.7. The Labute approximate surface area is 75.5 Å². The van der Waals surface area contributed by atoms with E-state index >= 15 is 0 Å². The average molecular weight is 185 g/mol. The smallest absolute Gasteiger partial charge is 0.332 e. The minimum absolute atomic E-state index is 0.400. The van der Waals surface area contributed by atoms with Crippen LogP contribution < -0.4 is 5.73 Å². The first kappa shape index (κ1) is 11.4. The van der Waals surface area contributed by atoms with Crippen LogP contribution >= 0.6 is 0 Å². The van der Waals surface area contributed by atoms with Crippen molar-refractivity contribution in [2.45, 2.75) is 12.7 Å². The molecule has 0 aromatic rings. The van der Waals surface area contributed by atoms with E-state index in [1.807, 2.05) is 0 Å². The Kier molecular flexibility index (Phi) is 3.38. The Morgan fingerprint density at radius 1 is 1.62 bits per heavy atom. The third-order valence-electron chi connectivity index (χ3n) is 1.32. The summed E-state index contributed by atoms with van der Waals surface area (Å²) in [5, 5.41) is 9.36. The molecule has 5 heteroatoms. The second-order valence-electron chi connectivity index (χ2n) is 2.45. The molecule has 1 unspecified atom stereocenters. The van der Waals surface area contributed by atoms with E-state index in [0.29, 0.717) is 0 Å². The third-order valence-corrected chi connectivity index (χ3v) is 1.32. The first-order valence-corrected chi connectivity index (χ1v) is 3.38. The standard InChI is InChI=1S/C8H11NO4/c1-4-6(10)13-8(3,12)5(2)7(9)11/h4,12H,1-2H2,3H3,(H2,9,11). The second-order valence-corrected chi connectivity index (χ2v) is 2.45. The predicted octanol–water partition coefficient (Wildman–Crippen LogP) is -0.534. The summed E-state index contributed by atoms with van der Waals surface area (Å²) in [6.07, 6.45) is 0.850.